The van der Waals surface area contributed by atoms with Crippen molar-refractivity contribution in [2.24, 2.45) is 0 Å². The second-order valence-corrected chi connectivity index (χ2v) is 4.83. The third kappa shape index (κ3) is 2.61. The van der Waals surface area contributed by atoms with Crippen LogP contribution in [0, 0.1) is 0 Å². The van der Waals surface area contributed by atoms with Crippen LogP contribution in [-0.2, 0) is 0 Å². The standard InChI is InChI=1S/C14H19N5/c1-15-13-14(17-9-10-5-4-8-16-10)19-12-7-3-2-6-11(12)18-13/h2-3,6-7,10,16H,4-5,8-9H2,1H3,(H,15,18)(H,17,19). The number of rotatable bonds is 4. The first kappa shape index (κ1) is 12.2. The van der Waals surface area contributed by atoms with Gasteiger partial charge in [-0.05, 0) is 31.5 Å². The van der Waals surface area contributed by atoms with Gasteiger partial charge in [-0.15, -0.1) is 0 Å². The van der Waals surface area contributed by atoms with Crippen LogP contribution in [0.1, 0.15) is 12.8 Å². The Hall–Kier alpha value is -1.88. The maximum atomic E-state index is 4.64. The van der Waals surface area contributed by atoms with Gasteiger partial charge in [-0.1, -0.05) is 12.1 Å². The van der Waals surface area contributed by atoms with Crippen molar-refractivity contribution < 1.29 is 0 Å². The predicted octanol–water partition coefficient (Wildman–Crippen LogP) is 1.84. The number of nitrogens with one attached hydrogen (secondary N) is 3. The summed E-state index contributed by atoms with van der Waals surface area (Å²) < 4.78 is 0. The number of anilines is 2. The lowest BCUT2D eigenvalue weighted by Gasteiger charge is -2.14. The molecule has 0 amide bonds. The van der Waals surface area contributed by atoms with Crippen LogP contribution in [0.15, 0.2) is 24.3 Å². The van der Waals surface area contributed by atoms with Gasteiger partial charge in [0.1, 0.15) is 0 Å². The zero-order valence-electron chi connectivity index (χ0n) is 11.1. The molecule has 0 bridgehead atoms. The maximum absolute atomic E-state index is 4.64. The van der Waals surface area contributed by atoms with Crippen LogP contribution in [0.2, 0.25) is 0 Å². The molecule has 0 radical (unpaired) electrons. The number of benzene rings is 1. The van der Waals surface area contributed by atoms with Crippen LogP contribution >= 0.6 is 0 Å². The van der Waals surface area contributed by atoms with Crippen LogP contribution in [-0.4, -0.2) is 36.1 Å². The molecule has 1 fully saturated rings. The van der Waals surface area contributed by atoms with E-state index in [-0.39, 0.29) is 0 Å². The van der Waals surface area contributed by atoms with Crippen LogP contribution in [0.5, 0.6) is 0 Å². The third-order valence-corrected chi connectivity index (χ3v) is 3.49. The Labute approximate surface area is 112 Å². The number of aromatic nitrogens is 2. The average molecular weight is 257 g/mol. The number of nitrogens with zero attached hydrogens (tertiary/aromatic N) is 2. The molecule has 3 N–H and O–H groups in total. The first-order valence-corrected chi connectivity index (χ1v) is 6.78. The first-order valence-electron chi connectivity index (χ1n) is 6.78. The molecule has 0 saturated carbocycles. The Bertz CT molecular complexity index is 563. The Morgan fingerprint density at radius 2 is 1.95 bits per heavy atom. The van der Waals surface area contributed by atoms with E-state index in [9.17, 15) is 0 Å². The molecule has 1 atom stereocenters. The van der Waals surface area contributed by atoms with Crippen LogP contribution in [0.3, 0.4) is 0 Å². The summed E-state index contributed by atoms with van der Waals surface area (Å²) in [6.45, 7) is 2.01. The highest BCUT2D eigenvalue weighted by Crippen LogP contribution is 2.21. The van der Waals surface area contributed by atoms with Gasteiger partial charge in [-0.3, -0.25) is 0 Å². The Kier molecular flexibility index (Phi) is 3.46. The summed E-state index contributed by atoms with van der Waals surface area (Å²) in [5.74, 6) is 1.63. The molecule has 1 unspecified atom stereocenters. The summed E-state index contributed by atoms with van der Waals surface area (Å²) in [4.78, 5) is 9.23. The van der Waals surface area contributed by atoms with E-state index in [0.29, 0.717) is 6.04 Å². The summed E-state index contributed by atoms with van der Waals surface area (Å²) in [5, 5.41) is 9.98. The highest BCUT2D eigenvalue weighted by atomic mass is 15.1. The molecule has 1 saturated heterocycles. The summed E-state index contributed by atoms with van der Waals surface area (Å²) in [5.41, 5.74) is 1.83. The van der Waals surface area contributed by atoms with Crippen molar-refractivity contribution in [1.29, 1.82) is 0 Å². The molecule has 2 aromatic rings. The van der Waals surface area contributed by atoms with Gasteiger partial charge in [0.05, 0.1) is 11.0 Å². The molecule has 1 aromatic carbocycles. The molecule has 1 aliphatic heterocycles. The Balaban J connectivity index is 1.83. The number of hydrogen-bond donors (Lipinski definition) is 3. The molecule has 3 rings (SSSR count). The number of fused-ring (bicyclic) bond motifs is 1. The molecule has 19 heavy (non-hydrogen) atoms. The van der Waals surface area contributed by atoms with Crippen molar-refractivity contribution in [3.63, 3.8) is 0 Å². The molecule has 5 nitrogen and oxygen atoms in total. The number of para-hydroxylation sites is 2. The summed E-state index contributed by atoms with van der Waals surface area (Å²) >= 11 is 0. The lowest BCUT2D eigenvalue weighted by molar-refractivity contribution is 0.632. The fourth-order valence-corrected chi connectivity index (χ4v) is 2.45. The molecule has 2 heterocycles. The lowest BCUT2D eigenvalue weighted by Crippen LogP contribution is -2.29. The largest absolute Gasteiger partial charge is 0.370 e. The molecule has 100 valence electrons. The topological polar surface area (TPSA) is 61.9 Å². The van der Waals surface area contributed by atoms with Gasteiger partial charge in [-0.25, -0.2) is 9.97 Å². The second-order valence-electron chi connectivity index (χ2n) is 4.83. The highest BCUT2D eigenvalue weighted by molar-refractivity contribution is 5.80. The van der Waals surface area contributed by atoms with Crippen LogP contribution in [0.25, 0.3) is 11.0 Å². The van der Waals surface area contributed by atoms with Gasteiger partial charge < -0.3 is 16.0 Å². The summed E-state index contributed by atoms with van der Waals surface area (Å²) in [6, 6.07) is 8.47. The Morgan fingerprint density at radius 3 is 2.58 bits per heavy atom. The molecule has 0 aliphatic carbocycles. The molecular formula is C14H19N5. The normalized spacial score (nSPS) is 18.7. The molecule has 0 spiro atoms. The maximum Gasteiger partial charge on any atom is 0.169 e. The molecular weight excluding hydrogens is 238 g/mol. The van der Waals surface area contributed by atoms with Gasteiger partial charge in [0.2, 0.25) is 0 Å². The van der Waals surface area contributed by atoms with E-state index in [4.69, 9.17) is 0 Å². The van der Waals surface area contributed by atoms with Gasteiger partial charge in [0, 0.05) is 19.6 Å². The second kappa shape index (κ2) is 5.40. The van der Waals surface area contributed by atoms with Gasteiger partial charge in [0.15, 0.2) is 11.6 Å². The molecule has 5 heteroatoms. The van der Waals surface area contributed by atoms with Crippen molar-refractivity contribution in [3.05, 3.63) is 24.3 Å². The first-order chi connectivity index (χ1) is 9.36. The van der Waals surface area contributed by atoms with Gasteiger partial charge >= 0.3 is 0 Å². The van der Waals surface area contributed by atoms with E-state index in [1.54, 1.807) is 0 Å². The monoisotopic (exact) mass is 257 g/mol. The van der Waals surface area contributed by atoms with Crippen molar-refractivity contribution in [2.75, 3.05) is 30.8 Å². The predicted molar refractivity (Wildman–Crippen MR) is 78.6 cm³/mol. The van der Waals surface area contributed by atoms with Crippen LogP contribution < -0.4 is 16.0 Å². The SMILES string of the molecule is CNc1nc2ccccc2nc1NCC1CCCN1. The average Bonchev–Trinajstić information content (AvgIpc) is 2.97. The van der Waals surface area contributed by atoms with E-state index < -0.39 is 0 Å². The fourth-order valence-electron chi connectivity index (χ4n) is 2.45. The Morgan fingerprint density at radius 1 is 1.21 bits per heavy atom. The van der Waals surface area contributed by atoms with Gasteiger partial charge in [-0.2, -0.15) is 0 Å². The molecule has 1 aliphatic rings. The van der Waals surface area contributed by atoms with E-state index in [2.05, 4.69) is 25.9 Å². The summed E-state index contributed by atoms with van der Waals surface area (Å²) in [7, 11) is 1.87. The van der Waals surface area contributed by atoms with Gasteiger partial charge in [0.25, 0.3) is 0 Å². The smallest absolute Gasteiger partial charge is 0.169 e. The van der Waals surface area contributed by atoms with Crippen molar-refractivity contribution in [1.82, 2.24) is 15.3 Å². The minimum Gasteiger partial charge on any atom is -0.370 e. The third-order valence-electron chi connectivity index (χ3n) is 3.49. The van der Waals surface area contributed by atoms with Crippen molar-refractivity contribution in [3.8, 4) is 0 Å². The minimum absolute atomic E-state index is 0.540. The zero-order valence-corrected chi connectivity index (χ0v) is 11.1. The number of hydrogen-bond acceptors (Lipinski definition) is 5. The van der Waals surface area contributed by atoms with Crippen molar-refractivity contribution in [2.45, 2.75) is 18.9 Å². The lowest BCUT2D eigenvalue weighted by atomic mass is 10.2. The minimum atomic E-state index is 0.540. The quantitative estimate of drug-likeness (QED) is 0.780. The van der Waals surface area contributed by atoms with Crippen LogP contribution in [0.4, 0.5) is 11.6 Å². The van der Waals surface area contributed by atoms with Crippen molar-refractivity contribution >= 4 is 22.7 Å². The highest BCUT2D eigenvalue weighted by Gasteiger charge is 2.15. The van der Waals surface area contributed by atoms with E-state index in [1.807, 2.05) is 31.3 Å². The molecule has 1 aromatic heterocycles. The zero-order chi connectivity index (χ0) is 13.1. The fraction of sp³-hybridized carbons (Fsp3) is 0.429. The van der Waals surface area contributed by atoms with E-state index in [0.717, 1.165) is 35.8 Å². The van der Waals surface area contributed by atoms with E-state index in [1.165, 1.54) is 12.8 Å². The summed E-state index contributed by atoms with van der Waals surface area (Å²) in [6.07, 6.45) is 2.48. The van der Waals surface area contributed by atoms with E-state index >= 15 is 0 Å².